The monoisotopic (exact) mass is 381 g/mol. The topological polar surface area (TPSA) is 77.4 Å². The van der Waals surface area contributed by atoms with Crippen molar-refractivity contribution in [3.8, 4) is 17.2 Å². The molecule has 0 radical (unpaired) electrons. The van der Waals surface area contributed by atoms with Crippen LogP contribution in [0.5, 0.6) is 17.2 Å². The fraction of sp³-hybridized carbons (Fsp3) is 0.273. The van der Waals surface area contributed by atoms with Crippen molar-refractivity contribution in [1.29, 1.82) is 0 Å². The number of nitrogens with zero attached hydrogens (tertiary/aromatic N) is 1. The molecule has 3 rings (SSSR count). The Hall–Kier alpha value is -3.28. The van der Waals surface area contributed by atoms with Crippen LogP contribution in [0, 0.1) is 0 Å². The number of rotatable bonds is 8. The number of aromatic hydroxyl groups is 1. The Morgan fingerprint density at radius 2 is 1.82 bits per heavy atom. The lowest BCUT2D eigenvalue weighted by Crippen LogP contribution is -2.07. The van der Waals surface area contributed by atoms with Gasteiger partial charge in [-0.2, -0.15) is 0 Å². The van der Waals surface area contributed by atoms with Gasteiger partial charge in [-0.05, 0) is 55.8 Å². The van der Waals surface area contributed by atoms with Crippen LogP contribution in [0.3, 0.4) is 0 Å². The van der Waals surface area contributed by atoms with Crippen LogP contribution in [0.1, 0.15) is 37.8 Å². The number of hydrogen-bond donors (Lipinski definition) is 1. The lowest BCUT2D eigenvalue weighted by molar-refractivity contribution is -0.136. The van der Waals surface area contributed by atoms with E-state index in [0.717, 1.165) is 24.2 Å². The standard InChI is InChI=1S/C22H23NO5/c1-3-5-12-27-17-9-6-15(7-10-17)21-19(22(25)28-23-21)13-16-8-11-18(26-4-2)14-20(16)24/h6-11,13-14,24H,3-5,12H2,1-2H3/b19-13+. The van der Waals surface area contributed by atoms with E-state index in [2.05, 4.69) is 12.1 Å². The summed E-state index contributed by atoms with van der Waals surface area (Å²) in [6.07, 6.45) is 3.63. The van der Waals surface area contributed by atoms with Crippen LogP contribution in [0.2, 0.25) is 0 Å². The number of carbonyl (C=O) groups excluding carboxylic acids is 1. The molecule has 1 N–H and O–H groups in total. The van der Waals surface area contributed by atoms with Crippen LogP contribution in [-0.4, -0.2) is 30.0 Å². The highest BCUT2D eigenvalue weighted by atomic mass is 16.7. The molecule has 1 aliphatic rings. The number of unbranched alkanes of at least 4 members (excludes halogenated alkanes) is 1. The molecule has 146 valence electrons. The molecule has 0 fully saturated rings. The van der Waals surface area contributed by atoms with Crippen molar-refractivity contribution in [3.63, 3.8) is 0 Å². The third kappa shape index (κ3) is 4.52. The van der Waals surface area contributed by atoms with Crippen LogP contribution in [0.25, 0.3) is 6.08 Å². The zero-order valence-electron chi connectivity index (χ0n) is 16.0. The first-order chi connectivity index (χ1) is 13.6. The molecule has 0 saturated heterocycles. The van der Waals surface area contributed by atoms with E-state index in [1.807, 2.05) is 31.2 Å². The van der Waals surface area contributed by atoms with Gasteiger partial charge < -0.3 is 19.4 Å². The summed E-state index contributed by atoms with van der Waals surface area (Å²) in [5.41, 5.74) is 1.90. The van der Waals surface area contributed by atoms with Gasteiger partial charge in [0, 0.05) is 17.2 Å². The van der Waals surface area contributed by atoms with Crippen molar-refractivity contribution in [2.24, 2.45) is 5.16 Å². The number of benzene rings is 2. The number of oxime groups is 1. The van der Waals surface area contributed by atoms with Gasteiger partial charge >= 0.3 is 5.97 Å². The number of phenols is 1. The predicted octanol–water partition coefficient (Wildman–Crippen LogP) is 4.31. The normalized spacial score (nSPS) is 14.7. The van der Waals surface area contributed by atoms with E-state index in [1.165, 1.54) is 6.07 Å². The molecule has 0 bridgehead atoms. The average molecular weight is 381 g/mol. The third-order valence-electron chi connectivity index (χ3n) is 4.20. The zero-order chi connectivity index (χ0) is 19.9. The second kappa shape index (κ2) is 9.08. The fourth-order valence-electron chi connectivity index (χ4n) is 2.72. The SMILES string of the molecule is CCCCOc1ccc(C2=NOC(=O)/C2=C/c2ccc(OCC)cc2O)cc1. The van der Waals surface area contributed by atoms with Crippen molar-refractivity contribution in [3.05, 3.63) is 59.2 Å². The Labute approximate surface area is 164 Å². The van der Waals surface area contributed by atoms with E-state index >= 15 is 0 Å². The summed E-state index contributed by atoms with van der Waals surface area (Å²) in [7, 11) is 0. The third-order valence-corrected chi connectivity index (χ3v) is 4.20. The molecule has 6 nitrogen and oxygen atoms in total. The van der Waals surface area contributed by atoms with Crippen LogP contribution in [0.15, 0.2) is 53.2 Å². The molecule has 0 amide bonds. The maximum Gasteiger partial charge on any atom is 0.368 e. The zero-order valence-corrected chi connectivity index (χ0v) is 16.0. The first-order valence-corrected chi connectivity index (χ1v) is 9.32. The minimum atomic E-state index is -0.563. The van der Waals surface area contributed by atoms with Crippen LogP contribution < -0.4 is 9.47 Å². The van der Waals surface area contributed by atoms with Crippen LogP contribution >= 0.6 is 0 Å². The van der Waals surface area contributed by atoms with Crippen LogP contribution in [0.4, 0.5) is 0 Å². The summed E-state index contributed by atoms with van der Waals surface area (Å²) < 4.78 is 11.0. The Kier molecular flexibility index (Phi) is 6.32. The number of carbonyl (C=O) groups is 1. The first kappa shape index (κ1) is 19.5. The lowest BCUT2D eigenvalue weighted by atomic mass is 10.00. The Morgan fingerprint density at radius 1 is 1.07 bits per heavy atom. The minimum absolute atomic E-state index is 0.0113. The first-order valence-electron chi connectivity index (χ1n) is 9.32. The number of phenolic OH excluding ortho intramolecular Hbond substituents is 1. The quantitative estimate of drug-likeness (QED) is 0.419. The van der Waals surface area contributed by atoms with Crippen molar-refractivity contribution < 1.29 is 24.2 Å². The molecule has 1 aliphatic heterocycles. The average Bonchev–Trinajstić information content (AvgIpc) is 3.05. The molecular weight excluding hydrogens is 358 g/mol. The second-order valence-corrected chi connectivity index (χ2v) is 6.26. The van der Waals surface area contributed by atoms with Crippen molar-refractivity contribution in [2.75, 3.05) is 13.2 Å². The van der Waals surface area contributed by atoms with Gasteiger partial charge in [0.2, 0.25) is 0 Å². The molecule has 0 atom stereocenters. The number of ether oxygens (including phenoxy) is 2. The van der Waals surface area contributed by atoms with Gasteiger partial charge in [0.05, 0.1) is 18.8 Å². The summed E-state index contributed by atoms with van der Waals surface area (Å²) in [6.45, 7) is 5.14. The largest absolute Gasteiger partial charge is 0.507 e. The smallest absolute Gasteiger partial charge is 0.368 e. The summed E-state index contributed by atoms with van der Waals surface area (Å²) >= 11 is 0. The van der Waals surface area contributed by atoms with Gasteiger partial charge in [-0.15, -0.1) is 0 Å². The van der Waals surface area contributed by atoms with Gasteiger partial charge in [-0.1, -0.05) is 18.5 Å². The van der Waals surface area contributed by atoms with Gasteiger partial charge in [0.25, 0.3) is 0 Å². The molecule has 0 aliphatic carbocycles. The van der Waals surface area contributed by atoms with E-state index in [1.54, 1.807) is 18.2 Å². The van der Waals surface area contributed by atoms with Gasteiger partial charge in [-0.3, -0.25) is 0 Å². The molecule has 1 heterocycles. The maximum atomic E-state index is 12.1. The molecule has 2 aromatic carbocycles. The second-order valence-electron chi connectivity index (χ2n) is 6.26. The van der Waals surface area contributed by atoms with Crippen LogP contribution in [-0.2, 0) is 9.63 Å². The summed E-state index contributed by atoms with van der Waals surface area (Å²) in [5.74, 6) is 0.769. The van der Waals surface area contributed by atoms with E-state index in [9.17, 15) is 9.90 Å². The molecule has 2 aromatic rings. The molecular formula is C22H23NO5. The molecule has 0 spiro atoms. The van der Waals surface area contributed by atoms with Gasteiger partial charge in [-0.25, -0.2) is 4.79 Å². The summed E-state index contributed by atoms with van der Waals surface area (Å²) in [5, 5.41) is 14.1. The van der Waals surface area contributed by atoms with Crippen molar-refractivity contribution >= 4 is 17.8 Å². The highest BCUT2D eigenvalue weighted by Crippen LogP contribution is 2.28. The molecule has 0 saturated carbocycles. The fourth-order valence-corrected chi connectivity index (χ4v) is 2.72. The molecule has 0 aromatic heterocycles. The minimum Gasteiger partial charge on any atom is -0.507 e. The van der Waals surface area contributed by atoms with E-state index < -0.39 is 5.97 Å². The maximum absolute atomic E-state index is 12.1. The molecule has 28 heavy (non-hydrogen) atoms. The summed E-state index contributed by atoms with van der Waals surface area (Å²) in [4.78, 5) is 17.0. The molecule has 6 heteroatoms. The number of hydrogen-bond acceptors (Lipinski definition) is 6. The van der Waals surface area contributed by atoms with E-state index in [-0.39, 0.29) is 11.3 Å². The van der Waals surface area contributed by atoms with E-state index in [0.29, 0.717) is 30.2 Å². The van der Waals surface area contributed by atoms with Gasteiger partial charge in [0.15, 0.2) is 0 Å². The Balaban J connectivity index is 1.82. The van der Waals surface area contributed by atoms with Crippen molar-refractivity contribution in [2.45, 2.75) is 26.7 Å². The van der Waals surface area contributed by atoms with E-state index in [4.69, 9.17) is 14.3 Å². The highest BCUT2D eigenvalue weighted by molar-refractivity contribution is 6.31. The Morgan fingerprint density at radius 3 is 2.50 bits per heavy atom. The predicted molar refractivity (Wildman–Crippen MR) is 107 cm³/mol. The van der Waals surface area contributed by atoms with Gasteiger partial charge in [0.1, 0.15) is 23.0 Å². The molecule has 0 unspecified atom stereocenters. The highest BCUT2D eigenvalue weighted by Gasteiger charge is 2.27. The van der Waals surface area contributed by atoms with Crippen molar-refractivity contribution in [1.82, 2.24) is 0 Å². The lowest BCUT2D eigenvalue weighted by Gasteiger charge is -2.07. The summed E-state index contributed by atoms with van der Waals surface area (Å²) in [6, 6.07) is 12.2. The Bertz CT molecular complexity index is 900.